The zero-order valence-electron chi connectivity index (χ0n) is 8.80. The van der Waals surface area contributed by atoms with Gasteiger partial charge in [-0.05, 0) is 37.1 Å². The van der Waals surface area contributed by atoms with Crippen molar-refractivity contribution in [1.29, 1.82) is 0 Å². The number of hydrogen-bond acceptors (Lipinski definition) is 2. The minimum Gasteiger partial charge on any atom is -0.382 e. The molecule has 78 valence electrons. The van der Waals surface area contributed by atoms with E-state index >= 15 is 0 Å². The van der Waals surface area contributed by atoms with Gasteiger partial charge in [0.2, 0.25) is 0 Å². The third kappa shape index (κ3) is 2.56. The van der Waals surface area contributed by atoms with Gasteiger partial charge in [0.15, 0.2) is 0 Å². The van der Waals surface area contributed by atoms with E-state index in [0.29, 0.717) is 6.61 Å². The van der Waals surface area contributed by atoms with Crippen LogP contribution in [0.1, 0.15) is 18.1 Å². The van der Waals surface area contributed by atoms with Crippen molar-refractivity contribution in [3.8, 4) is 0 Å². The molecule has 1 rings (SSSR count). The summed E-state index contributed by atoms with van der Waals surface area (Å²) in [5.41, 5.74) is 8.05. The topological polar surface area (TPSA) is 35.2 Å². The first kappa shape index (κ1) is 11.7. The van der Waals surface area contributed by atoms with E-state index in [-0.39, 0.29) is 0 Å². The molecule has 0 bridgehead atoms. The monoisotopic (exact) mass is 257 g/mol. The van der Waals surface area contributed by atoms with E-state index in [1.165, 1.54) is 5.56 Å². The summed E-state index contributed by atoms with van der Waals surface area (Å²) in [5, 5.41) is 0. The quantitative estimate of drug-likeness (QED) is 0.904. The number of aryl methyl sites for hydroxylation is 1. The summed E-state index contributed by atoms with van der Waals surface area (Å²) in [6.45, 7) is 4.55. The van der Waals surface area contributed by atoms with Crippen LogP contribution in [0.2, 0.25) is 0 Å². The number of nitrogens with two attached hydrogens (primary N) is 1. The highest BCUT2D eigenvalue weighted by atomic mass is 79.9. The Morgan fingerprint density at radius 2 is 2.14 bits per heavy atom. The van der Waals surface area contributed by atoms with Crippen LogP contribution in [0, 0.1) is 6.92 Å². The lowest BCUT2D eigenvalue weighted by molar-refractivity contribution is 0.140. The summed E-state index contributed by atoms with van der Waals surface area (Å²) in [5.74, 6) is 0. The summed E-state index contributed by atoms with van der Waals surface area (Å²) in [7, 11) is 1.67. The van der Waals surface area contributed by atoms with Crippen molar-refractivity contribution < 1.29 is 4.74 Å². The fourth-order valence-corrected chi connectivity index (χ4v) is 1.95. The van der Waals surface area contributed by atoms with Gasteiger partial charge in [0.1, 0.15) is 0 Å². The zero-order chi connectivity index (χ0) is 10.8. The molecule has 3 heteroatoms. The van der Waals surface area contributed by atoms with E-state index in [2.05, 4.69) is 28.9 Å². The van der Waals surface area contributed by atoms with Crippen LogP contribution in [0.25, 0.3) is 0 Å². The molecule has 2 nitrogen and oxygen atoms in total. The molecule has 0 amide bonds. The zero-order valence-corrected chi connectivity index (χ0v) is 10.4. The number of hydrogen-bond donors (Lipinski definition) is 1. The fraction of sp³-hybridized carbons (Fsp3) is 0.455. The minimum absolute atomic E-state index is 0.428. The smallest absolute Gasteiger partial charge is 0.0681 e. The number of benzene rings is 1. The van der Waals surface area contributed by atoms with Crippen molar-refractivity contribution in [1.82, 2.24) is 0 Å². The maximum atomic E-state index is 6.17. The van der Waals surface area contributed by atoms with Crippen LogP contribution in [-0.4, -0.2) is 13.7 Å². The molecule has 0 fully saturated rings. The van der Waals surface area contributed by atoms with Gasteiger partial charge < -0.3 is 10.5 Å². The average molecular weight is 258 g/mol. The standard InChI is InChI=1S/C11H16BrNO/c1-8-4-5-9(12)6-10(8)11(2,13)7-14-3/h4-6H,7,13H2,1-3H3. The van der Waals surface area contributed by atoms with E-state index < -0.39 is 5.54 Å². The van der Waals surface area contributed by atoms with Gasteiger partial charge in [0.05, 0.1) is 12.1 Å². The van der Waals surface area contributed by atoms with E-state index in [1.54, 1.807) is 7.11 Å². The fourth-order valence-electron chi connectivity index (χ4n) is 1.59. The summed E-state index contributed by atoms with van der Waals surface area (Å²) in [4.78, 5) is 0. The van der Waals surface area contributed by atoms with Crippen LogP contribution in [0.15, 0.2) is 22.7 Å². The molecule has 0 aromatic heterocycles. The van der Waals surface area contributed by atoms with Gasteiger partial charge in [-0.2, -0.15) is 0 Å². The number of rotatable bonds is 3. The minimum atomic E-state index is -0.428. The SMILES string of the molecule is COCC(C)(N)c1cc(Br)ccc1C. The molecule has 0 radical (unpaired) electrons. The Bertz CT molecular complexity index is 323. The Morgan fingerprint density at radius 3 is 2.71 bits per heavy atom. The van der Waals surface area contributed by atoms with E-state index in [0.717, 1.165) is 10.0 Å². The molecular formula is C11H16BrNO. The molecular weight excluding hydrogens is 242 g/mol. The molecule has 0 saturated carbocycles. The first-order chi connectivity index (χ1) is 6.47. The largest absolute Gasteiger partial charge is 0.382 e. The molecule has 2 N–H and O–H groups in total. The first-order valence-corrected chi connectivity index (χ1v) is 5.31. The van der Waals surface area contributed by atoms with Crippen LogP contribution in [0.5, 0.6) is 0 Å². The predicted molar refractivity (Wildman–Crippen MR) is 62.3 cm³/mol. The van der Waals surface area contributed by atoms with Gasteiger partial charge >= 0.3 is 0 Å². The Balaban J connectivity index is 3.10. The summed E-state index contributed by atoms with van der Waals surface area (Å²) in [6, 6.07) is 6.12. The average Bonchev–Trinajstić information content (AvgIpc) is 2.09. The Hall–Kier alpha value is -0.380. The van der Waals surface area contributed by atoms with E-state index in [9.17, 15) is 0 Å². The Morgan fingerprint density at radius 1 is 1.50 bits per heavy atom. The van der Waals surface area contributed by atoms with Crippen LogP contribution >= 0.6 is 15.9 Å². The lowest BCUT2D eigenvalue weighted by atomic mass is 9.90. The molecule has 14 heavy (non-hydrogen) atoms. The first-order valence-electron chi connectivity index (χ1n) is 4.52. The highest BCUT2D eigenvalue weighted by molar-refractivity contribution is 9.10. The molecule has 1 aromatic rings. The van der Waals surface area contributed by atoms with Gasteiger partial charge in [-0.1, -0.05) is 22.0 Å². The van der Waals surface area contributed by atoms with Crippen LogP contribution in [-0.2, 0) is 10.3 Å². The van der Waals surface area contributed by atoms with Crippen molar-refractivity contribution in [2.75, 3.05) is 13.7 Å². The lowest BCUT2D eigenvalue weighted by Crippen LogP contribution is -2.38. The molecule has 1 atom stereocenters. The Labute approximate surface area is 93.6 Å². The van der Waals surface area contributed by atoms with Crippen LogP contribution in [0.4, 0.5) is 0 Å². The lowest BCUT2D eigenvalue weighted by Gasteiger charge is -2.26. The normalized spacial score (nSPS) is 15.2. The van der Waals surface area contributed by atoms with Gasteiger partial charge in [0.25, 0.3) is 0 Å². The number of methoxy groups -OCH3 is 1. The predicted octanol–water partition coefficient (Wildman–Crippen LogP) is 2.58. The molecule has 0 aliphatic heterocycles. The van der Waals surface area contributed by atoms with E-state index in [4.69, 9.17) is 10.5 Å². The Kier molecular flexibility index (Phi) is 3.70. The molecule has 1 aromatic carbocycles. The summed E-state index contributed by atoms with van der Waals surface area (Å²) in [6.07, 6.45) is 0. The van der Waals surface area contributed by atoms with E-state index in [1.807, 2.05) is 19.1 Å². The summed E-state index contributed by atoms with van der Waals surface area (Å²) < 4.78 is 6.16. The molecule has 0 heterocycles. The summed E-state index contributed by atoms with van der Waals surface area (Å²) >= 11 is 3.44. The number of halogens is 1. The highest BCUT2D eigenvalue weighted by Crippen LogP contribution is 2.25. The van der Waals surface area contributed by atoms with Crippen molar-refractivity contribution >= 4 is 15.9 Å². The third-order valence-electron chi connectivity index (χ3n) is 2.26. The van der Waals surface area contributed by atoms with Gasteiger partial charge in [-0.25, -0.2) is 0 Å². The second-order valence-electron chi connectivity index (χ2n) is 3.81. The maximum absolute atomic E-state index is 6.17. The molecule has 0 aliphatic carbocycles. The van der Waals surface area contributed by atoms with Gasteiger partial charge in [-0.15, -0.1) is 0 Å². The van der Waals surface area contributed by atoms with Crippen molar-refractivity contribution in [2.24, 2.45) is 5.73 Å². The van der Waals surface area contributed by atoms with Crippen molar-refractivity contribution in [3.63, 3.8) is 0 Å². The molecule has 0 aliphatic rings. The highest BCUT2D eigenvalue weighted by Gasteiger charge is 2.22. The van der Waals surface area contributed by atoms with Gasteiger partial charge in [-0.3, -0.25) is 0 Å². The maximum Gasteiger partial charge on any atom is 0.0681 e. The molecule has 0 spiro atoms. The van der Waals surface area contributed by atoms with Crippen molar-refractivity contribution in [3.05, 3.63) is 33.8 Å². The molecule has 0 saturated heterocycles. The second-order valence-corrected chi connectivity index (χ2v) is 4.73. The molecule has 1 unspecified atom stereocenters. The number of ether oxygens (including phenoxy) is 1. The van der Waals surface area contributed by atoms with Gasteiger partial charge in [0, 0.05) is 11.6 Å². The van der Waals surface area contributed by atoms with Crippen molar-refractivity contribution in [2.45, 2.75) is 19.4 Å². The van der Waals surface area contributed by atoms with Crippen LogP contribution in [0.3, 0.4) is 0 Å². The third-order valence-corrected chi connectivity index (χ3v) is 2.75. The second kappa shape index (κ2) is 4.43. The van der Waals surface area contributed by atoms with Crippen LogP contribution < -0.4 is 5.73 Å².